The molecule has 0 spiro atoms. The lowest BCUT2D eigenvalue weighted by Crippen LogP contribution is -2.33. The number of unbranched alkanes of at least 4 members (excludes halogenated alkanes) is 1. The molecule has 2 aliphatic rings. The van der Waals surface area contributed by atoms with E-state index in [1.165, 1.54) is 67.8 Å². The average molecular weight is 387 g/mol. The van der Waals surface area contributed by atoms with Gasteiger partial charge in [0.1, 0.15) is 0 Å². The van der Waals surface area contributed by atoms with Gasteiger partial charge in [0.05, 0.1) is 0 Å². The second-order valence-corrected chi connectivity index (χ2v) is 8.42. The maximum atomic E-state index is 3.69. The summed E-state index contributed by atoms with van der Waals surface area (Å²) in [4.78, 5) is 0. The second-order valence-electron chi connectivity index (χ2n) is 7.77. The normalized spacial score (nSPS) is 30.2. The summed E-state index contributed by atoms with van der Waals surface area (Å²) in [7, 11) is 0. The highest BCUT2D eigenvalue weighted by molar-refractivity contribution is 9.09. The van der Waals surface area contributed by atoms with Gasteiger partial charge in [-0.1, -0.05) is 84.3 Å². The molecule has 0 amide bonds. The van der Waals surface area contributed by atoms with E-state index >= 15 is 0 Å². The molecule has 1 saturated carbocycles. The smallest absolute Gasteiger partial charge is 0.00596 e. The van der Waals surface area contributed by atoms with Gasteiger partial charge in [0, 0.05) is 5.33 Å². The molecule has 0 N–H and O–H groups in total. The zero-order chi connectivity index (χ0) is 16.8. The van der Waals surface area contributed by atoms with E-state index in [1.807, 2.05) is 0 Å². The third-order valence-electron chi connectivity index (χ3n) is 6.28. The molecule has 2 aliphatic carbocycles. The molecule has 1 fully saturated rings. The lowest BCUT2D eigenvalue weighted by molar-refractivity contribution is 0.137. The van der Waals surface area contributed by atoms with E-state index in [1.54, 1.807) is 0 Å². The fourth-order valence-corrected chi connectivity index (χ4v) is 5.27. The lowest BCUT2D eigenvalue weighted by atomic mass is 9.61. The van der Waals surface area contributed by atoms with Gasteiger partial charge in [-0.25, -0.2) is 0 Å². The molecule has 0 radical (unpaired) electrons. The molecule has 1 aromatic carbocycles. The fourth-order valence-electron chi connectivity index (χ4n) is 4.63. The van der Waals surface area contributed by atoms with Gasteiger partial charge in [-0.3, -0.25) is 0 Å². The molecule has 0 saturated heterocycles. The van der Waals surface area contributed by atoms with Crippen molar-refractivity contribution in [1.82, 2.24) is 0 Å². The van der Waals surface area contributed by atoms with Crippen molar-refractivity contribution in [2.75, 3.05) is 5.33 Å². The van der Waals surface area contributed by atoms with Crippen LogP contribution in [0.5, 0.6) is 0 Å². The predicted molar refractivity (Wildman–Crippen MR) is 109 cm³/mol. The van der Waals surface area contributed by atoms with Crippen LogP contribution in [0.1, 0.15) is 63.9 Å². The average Bonchev–Trinajstić information content (AvgIpc) is 2.67. The van der Waals surface area contributed by atoms with Crippen molar-refractivity contribution >= 4 is 21.5 Å². The number of rotatable bonds is 6. The first-order valence-electron chi connectivity index (χ1n) is 9.78. The Bertz CT molecular complexity index is 563. The van der Waals surface area contributed by atoms with E-state index in [0.29, 0.717) is 5.41 Å². The Morgan fingerprint density at radius 1 is 1.08 bits per heavy atom. The van der Waals surface area contributed by atoms with Gasteiger partial charge < -0.3 is 0 Å². The first-order valence-corrected chi connectivity index (χ1v) is 10.9. The molecule has 24 heavy (non-hydrogen) atoms. The van der Waals surface area contributed by atoms with Crippen LogP contribution in [0.25, 0.3) is 5.57 Å². The maximum absolute atomic E-state index is 3.69. The monoisotopic (exact) mass is 386 g/mol. The molecule has 130 valence electrons. The fraction of sp³-hybridized carbons (Fsp3) is 0.565. The highest BCUT2D eigenvalue weighted by Gasteiger charge is 2.38. The van der Waals surface area contributed by atoms with E-state index in [0.717, 1.165) is 11.8 Å². The van der Waals surface area contributed by atoms with Crippen molar-refractivity contribution in [1.29, 1.82) is 0 Å². The van der Waals surface area contributed by atoms with Gasteiger partial charge in [0.25, 0.3) is 0 Å². The van der Waals surface area contributed by atoms with E-state index in [9.17, 15) is 0 Å². The van der Waals surface area contributed by atoms with Gasteiger partial charge in [-0.05, 0) is 66.9 Å². The van der Waals surface area contributed by atoms with Crippen LogP contribution < -0.4 is 0 Å². The Morgan fingerprint density at radius 2 is 1.83 bits per heavy atom. The molecule has 1 heteroatoms. The van der Waals surface area contributed by atoms with Crippen molar-refractivity contribution in [2.45, 2.75) is 58.3 Å². The number of halogens is 1. The van der Waals surface area contributed by atoms with Gasteiger partial charge in [-0.2, -0.15) is 0 Å². The number of hydrogen-bond acceptors (Lipinski definition) is 0. The summed E-state index contributed by atoms with van der Waals surface area (Å²) in [5.74, 6) is 1.79. The summed E-state index contributed by atoms with van der Waals surface area (Å²) < 4.78 is 0. The van der Waals surface area contributed by atoms with E-state index in [2.05, 4.69) is 71.4 Å². The van der Waals surface area contributed by atoms with Crippen LogP contribution in [0.4, 0.5) is 0 Å². The van der Waals surface area contributed by atoms with Crippen LogP contribution in [-0.2, 0) is 0 Å². The van der Waals surface area contributed by atoms with Crippen molar-refractivity contribution in [3.63, 3.8) is 0 Å². The van der Waals surface area contributed by atoms with E-state index in [4.69, 9.17) is 0 Å². The highest BCUT2D eigenvalue weighted by atomic mass is 79.9. The molecule has 0 aromatic heterocycles. The standard InChI is InChI=1S/C23H31Br/c1-2-3-15-23(22-11-9-19(18-24)10-12-22)16-13-21(14-17-23)20-7-5-4-6-8-20/h4-8,13-14,16,19,22H,2-3,9-12,15,17-18H2,1H3. The van der Waals surface area contributed by atoms with Crippen molar-refractivity contribution in [3.8, 4) is 0 Å². The molecular formula is C23H31Br. The van der Waals surface area contributed by atoms with Gasteiger partial charge in [0.2, 0.25) is 0 Å². The van der Waals surface area contributed by atoms with Crippen molar-refractivity contribution in [3.05, 3.63) is 54.1 Å². The Morgan fingerprint density at radius 3 is 2.42 bits per heavy atom. The summed E-state index contributed by atoms with van der Waals surface area (Å²) in [6, 6.07) is 10.9. The molecule has 1 aromatic rings. The van der Waals surface area contributed by atoms with Crippen molar-refractivity contribution < 1.29 is 0 Å². The quantitative estimate of drug-likeness (QED) is 0.446. The molecule has 0 aliphatic heterocycles. The van der Waals surface area contributed by atoms with Crippen LogP contribution in [0.3, 0.4) is 0 Å². The predicted octanol–water partition coefficient (Wildman–Crippen LogP) is 7.41. The number of hydrogen-bond donors (Lipinski definition) is 0. The highest BCUT2D eigenvalue weighted by Crippen LogP contribution is 2.49. The third kappa shape index (κ3) is 4.04. The largest absolute Gasteiger partial charge is 0.0925 e. The maximum Gasteiger partial charge on any atom is 0.00596 e. The Labute approximate surface area is 156 Å². The zero-order valence-corrected chi connectivity index (χ0v) is 16.6. The third-order valence-corrected chi connectivity index (χ3v) is 7.19. The minimum Gasteiger partial charge on any atom is -0.0925 e. The van der Waals surface area contributed by atoms with Crippen LogP contribution in [-0.4, -0.2) is 5.33 Å². The first-order chi connectivity index (χ1) is 11.8. The molecule has 3 rings (SSSR count). The van der Waals surface area contributed by atoms with Gasteiger partial charge >= 0.3 is 0 Å². The summed E-state index contributed by atoms with van der Waals surface area (Å²) in [5.41, 5.74) is 3.20. The lowest BCUT2D eigenvalue weighted by Gasteiger charge is -2.43. The van der Waals surface area contributed by atoms with Gasteiger partial charge in [-0.15, -0.1) is 0 Å². The van der Waals surface area contributed by atoms with Crippen LogP contribution in [0.15, 0.2) is 48.6 Å². The van der Waals surface area contributed by atoms with Crippen LogP contribution in [0, 0.1) is 17.3 Å². The Hall–Kier alpha value is -0.820. The molecule has 1 atom stereocenters. The molecule has 0 heterocycles. The minimum atomic E-state index is 0.422. The molecule has 0 bridgehead atoms. The number of alkyl halides is 1. The Kier molecular flexibility index (Phi) is 6.38. The van der Waals surface area contributed by atoms with Crippen LogP contribution >= 0.6 is 15.9 Å². The topological polar surface area (TPSA) is 0 Å². The number of benzene rings is 1. The molecule has 0 nitrogen and oxygen atoms in total. The van der Waals surface area contributed by atoms with Gasteiger partial charge in [0.15, 0.2) is 0 Å². The second kappa shape index (κ2) is 8.52. The molecular weight excluding hydrogens is 356 g/mol. The zero-order valence-electron chi connectivity index (χ0n) is 15.0. The van der Waals surface area contributed by atoms with E-state index < -0.39 is 0 Å². The van der Waals surface area contributed by atoms with Crippen molar-refractivity contribution in [2.24, 2.45) is 17.3 Å². The summed E-state index contributed by atoms with van der Waals surface area (Å²) in [6.07, 6.45) is 18.5. The number of allylic oxidation sites excluding steroid dienone is 4. The first kappa shape index (κ1) is 18.0. The minimum absolute atomic E-state index is 0.422. The van der Waals surface area contributed by atoms with Crippen LogP contribution in [0.2, 0.25) is 0 Å². The summed E-state index contributed by atoms with van der Waals surface area (Å²) in [5, 5.41) is 1.19. The summed E-state index contributed by atoms with van der Waals surface area (Å²) in [6.45, 7) is 2.33. The SMILES string of the molecule is CCCCC1(C2CCC(CBr)CC2)C=CC(c2ccccc2)=CC1. The van der Waals surface area contributed by atoms with E-state index in [-0.39, 0.29) is 0 Å². The summed E-state index contributed by atoms with van der Waals surface area (Å²) >= 11 is 3.69. The Balaban J connectivity index is 1.74. The molecule has 1 unspecified atom stereocenters.